The van der Waals surface area contributed by atoms with Gasteiger partial charge in [-0.15, -0.1) is 0 Å². The van der Waals surface area contributed by atoms with Gasteiger partial charge in [0.1, 0.15) is 0 Å². The number of aromatic nitrogens is 2. The third-order valence-corrected chi connectivity index (χ3v) is 2.68. The SMILES string of the molecule is O=Cc1noc(CCN2CCCCC2)n1. The van der Waals surface area contributed by atoms with Gasteiger partial charge in [0.2, 0.25) is 11.7 Å². The minimum absolute atomic E-state index is 0.142. The molecule has 0 aromatic carbocycles. The molecule has 2 heterocycles. The minimum atomic E-state index is 0.142. The van der Waals surface area contributed by atoms with E-state index in [0.29, 0.717) is 12.2 Å². The zero-order valence-corrected chi connectivity index (χ0v) is 8.69. The molecule has 0 saturated carbocycles. The van der Waals surface area contributed by atoms with E-state index in [9.17, 15) is 4.79 Å². The van der Waals surface area contributed by atoms with E-state index in [0.717, 1.165) is 26.1 Å². The molecular formula is C10H15N3O2. The summed E-state index contributed by atoms with van der Waals surface area (Å²) in [5.74, 6) is 0.700. The summed E-state index contributed by atoms with van der Waals surface area (Å²) >= 11 is 0. The lowest BCUT2D eigenvalue weighted by atomic mass is 10.1. The van der Waals surface area contributed by atoms with Gasteiger partial charge in [0.05, 0.1) is 0 Å². The van der Waals surface area contributed by atoms with Crippen LogP contribution in [0.5, 0.6) is 0 Å². The minimum Gasteiger partial charge on any atom is -0.339 e. The van der Waals surface area contributed by atoms with Crippen molar-refractivity contribution in [1.29, 1.82) is 0 Å². The van der Waals surface area contributed by atoms with Crippen molar-refractivity contribution in [2.45, 2.75) is 25.7 Å². The summed E-state index contributed by atoms with van der Waals surface area (Å²) in [7, 11) is 0. The topological polar surface area (TPSA) is 59.2 Å². The Kier molecular flexibility index (Phi) is 3.45. The smallest absolute Gasteiger partial charge is 0.235 e. The number of rotatable bonds is 4. The average molecular weight is 209 g/mol. The number of hydrogen-bond acceptors (Lipinski definition) is 5. The zero-order chi connectivity index (χ0) is 10.5. The molecule has 0 aliphatic carbocycles. The highest BCUT2D eigenvalue weighted by atomic mass is 16.5. The van der Waals surface area contributed by atoms with Crippen LogP contribution in [0.25, 0.3) is 0 Å². The molecular weight excluding hydrogens is 194 g/mol. The van der Waals surface area contributed by atoms with Crippen LogP contribution in [0.3, 0.4) is 0 Å². The normalized spacial score (nSPS) is 17.9. The number of piperidine rings is 1. The molecule has 1 aromatic rings. The van der Waals surface area contributed by atoms with E-state index in [2.05, 4.69) is 15.0 Å². The van der Waals surface area contributed by atoms with Crippen molar-refractivity contribution in [2.75, 3.05) is 19.6 Å². The van der Waals surface area contributed by atoms with Crippen molar-refractivity contribution in [2.24, 2.45) is 0 Å². The van der Waals surface area contributed by atoms with Gasteiger partial charge < -0.3 is 9.42 Å². The van der Waals surface area contributed by atoms with E-state index in [1.807, 2.05) is 0 Å². The molecule has 1 aliphatic rings. The molecule has 82 valence electrons. The van der Waals surface area contributed by atoms with Crippen molar-refractivity contribution >= 4 is 6.29 Å². The highest BCUT2D eigenvalue weighted by Gasteiger charge is 2.12. The standard InChI is InChI=1S/C10H15N3O2/c14-8-9-11-10(15-12-9)4-7-13-5-2-1-3-6-13/h8H,1-7H2. The molecule has 0 radical (unpaired) electrons. The Hall–Kier alpha value is -1.23. The molecule has 2 rings (SSSR count). The quantitative estimate of drug-likeness (QED) is 0.690. The average Bonchev–Trinajstić information content (AvgIpc) is 2.76. The van der Waals surface area contributed by atoms with Crippen LogP contribution in [-0.2, 0) is 6.42 Å². The zero-order valence-electron chi connectivity index (χ0n) is 8.69. The van der Waals surface area contributed by atoms with E-state index < -0.39 is 0 Å². The number of carbonyl (C=O) groups excluding carboxylic acids is 1. The predicted octanol–water partition coefficient (Wildman–Crippen LogP) is 0.911. The van der Waals surface area contributed by atoms with Crippen LogP contribution in [0.4, 0.5) is 0 Å². The second-order valence-corrected chi connectivity index (χ2v) is 3.82. The van der Waals surface area contributed by atoms with Crippen LogP contribution in [-0.4, -0.2) is 41.0 Å². The first kappa shape index (κ1) is 10.3. The van der Waals surface area contributed by atoms with Gasteiger partial charge in [0.25, 0.3) is 0 Å². The third-order valence-electron chi connectivity index (χ3n) is 2.68. The van der Waals surface area contributed by atoms with Crippen LogP contribution < -0.4 is 0 Å². The van der Waals surface area contributed by atoms with E-state index in [-0.39, 0.29) is 5.82 Å². The third kappa shape index (κ3) is 2.86. The van der Waals surface area contributed by atoms with Crippen LogP contribution >= 0.6 is 0 Å². The molecule has 5 heteroatoms. The van der Waals surface area contributed by atoms with Gasteiger partial charge in [-0.1, -0.05) is 11.6 Å². The molecule has 0 atom stereocenters. The molecule has 0 bridgehead atoms. The second kappa shape index (κ2) is 5.02. The molecule has 0 unspecified atom stereocenters. The summed E-state index contributed by atoms with van der Waals surface area (Å²) in [6, 6.07) is 0. The Bertz CT molecular complexity index is 318. The second-order valence-electron chi connectivity index (χ2n) is 3.82. The number of likely N-dealkylation sites (tertiary alicyclic amines) is 1. The Labute approximate surface area is 88.5 Å². The first-order chi connectivity index (χ1) is 7.38. The highest BCUT2D eigenvalue weighted by molar-refractivity contribution is 5.68. The van der Waals surface area contributed by atoms with Crippen molar-refractivity contribution in [3.05, 3.63) is 11.7 Å². The Morgan fingerprint density at radius 1 is 1.33 bits per heavy atom. The maximum atomic E-state index is 10.3. The van der Waals surface area contributed by atoms with Crippen molar-refractivity contribution < 1.29 is 9.32 Å². The fourth-order valence-corrected chi connectivity index (χ4v) is 1.85. The summed E-state index contributed by atoms with van der Waals surface area (Å²) in [5, 5.41) is 3.53. The van der Waals surface area contributed by atoms with Crippen molar-refractivity contribution in [3.8, 4) is 0 Å². The molecule has 1 fully saturated rings. The molecule has 1 saturated heterocycles. The van der Waals surface area contributed by atoms with Crippen molar-refractivity contribution in [1.82, 2.24) is 15.0 Å². The first-order valence-corrected chi connectivity index (χ1v) is 5.38. The fraction of sp³-hybridized carbons (Fsp3) is 0.700. The molecule has 1 aliphatic heterocycles. The van der Waals surface area contributed by atoms with Crippen molar-refractivity contribution in [3.63, 3.8) is 0 Å². The maximum Gasteiger partial charge on any atom is 0.235 e. The molecule has 0 N–H and O–H groups in total. The monoisotopic (exact) mass is 209 g/mol. The molecule has 0 spiro atoms. The number of aldehydes is 1. The van der Waals surface area contributed by atoms with Crippen LogP contribution in [0.1, 0.15) is 35.8 Å². The predicted molar refractivity (Wildman–Crippen MR) is 53.7 cm³/mol. The summed E-state index contributed by atoms with van der Waals surface area (Å²) in [5.41, 5.74) is 0. The molecule has 0 amide bonds. The fourth-order valence-electron chi connectivity index (χ4n) is 1.85. The Morgan fingerprint density at radius 3 is 2.80 bits per heavy atom. The lowest BCUT2D eigenvalue weighted by Gasteiger charge is -2.25. The summed E-state index contributed by atoms with van der Waals surface area (Å²) in [6.07, 6.45) is 5.24. The van der Waals surface area contributed by atoms with Gasteiger partial charge in [-0.3, -0.25) is 4.79 Å². The lowest BCUT2D eigenvalue weighted by molar-refractivity contribution is 0.111. The van der Waals surface area contributed by atoms with Gasteiger partial charge >= 0.3 is 0 Å². The highest BCUT2D eigenvalue weighted by Crippen LogP contribution is 2.09. The summed E-state index contributed by atoms with van der Waals surface area (Å²) in [4.78, 5) is 16.7. The van der Waals surface area contributed by atoms with E-state index in [1.165, 1.54) is 19.3 Å². The number of carbonyl (C=O) groups is 1. The van der Waals surface area contributed by atoms with Crippen LogP contribution in [0.2, 0.25) is 0 Å². The maximum absolute atomic E-state index is 10.3. The Balaban J connectivity index is 1.79. The molecule has 1 aromatic heterocycles. The van der Waals surface area contributed by atoms with E-state index >= 15 is 0 Å². The van der Waals surface area contributed by atoms with Crippen LogP contribution in [0.15, 0.2) is 4.52 Å². The van der Waals surface area contributed by atoms with E-state index in [1.54, 1.807) is 0 Å². The summed E-state index contributed by atoms with van der Waals surface area (Å²) in [6.45, 7) is 3.27. The number of hydrogen-bond donors (Lipinski definition) is 0. The summed E-state index contributed by atoms with van der Waals surface area (Å²) < 4.78 is 4.93. The van der Waals surface area contributed by atoms with Gasteiger partial charge in [-0.05, 0) is 25.9 Å². The largest absolute Gasteiger partial charge is 0.339 e. The lowest BCUT2D eigenvalue weighted by Crippen LogP contribution is -2.31. The van der Waals surface area contributed by atoms with Crippen LogP contribution in [0, 0.1) is 0 Å². The van der Waals surface area contributed by atoms with Gasteiger partial charge in [-0.25, -0.2) is 0 Å². The van der Waals surface area contributed by atoms with Gasteiger partial charge in [-0.2, -0.15) is 4.98 Å². The van der Waals surface area contributed by atoms with Gasteiger partial charge in [0, 0.05) is 13.0 Å². The first-order valence-electron chi connectivity index (χ1n) is 5.38. The number of nitrogens with zero attached hydrogens (tertiary/aromatic N) is 3. The molecule has 15 heavy (non-hydrogen) atoms. The molecule has 5 nitrogen and oxygen atoms in total. The Morgan fingerprint density at radius 2 is 2.13 bits per heavy atom. The van der Waals surface area contributed by atoms with E-state index in [4.69, 9.17) is 4.52 Å². The van der Waals surface area contributed by atoms with Gasteiger partial charge in [0.15, 0.2) is 6.29 Å².